The normalized spacial score (nSPS) is 14.4. The topological polar surface area (TPSA) is 65.8 Å². The third kappa shape index (κ3) is 4.44. The van der Waals surface area contributed by atoms with Gasteiger partial charge < -0.3 is 19.3 Å². The van der Waals surface area contributed by atoms with E-state index < -0.39 is 0 Å². The van der Waals surface area contributed by atoms with E-state index in [9.17, 15) is 10.1 Å². The molecule has 144 valence electrons. The first-order valence-electron chi connectivity index (χ1n) is 9.08. The van der Waals surface area contributed by atoms with Crippen molar-refractivity contribution in [2.24, 2.45) is 0 Å². The predicted octanol–water partition coefficient (Wildman–Crippen LogP) is 2.96. The van der Waals surface area contributed by atoms with Crippen molar-refractivity contribution in [3.05, 3.63) is 59.7 Å². The van der Waals surface area contributed by atoms with Gasteiger partial charge >= 0.3 is 0 Å². The molecule has 0 radical (unpaired) electrons. The molecular weight excluding hydrogens is 354 g/mol. The van der Waals surface area contributed by atoms with Crippen LogP contribution in [-0.4, -0.2) is 51.2 Å². The van der Waals surface area contributed by atoms with Crippen LogP contribution in [0.15, 0.2) is 54.1 Å². The summed E-state index contributed by atoms with van der Waals surface area (Å²) in [6.07, 6.45) is 1.61. The molecule has 1 aliphatic heterocycles. The van der Waals surface area contributed by atoms with Crippen LogP contribution in [0.3, 0.4) is 0 Å². The van der Waals surface area contributed by atoms with Gasteiger partial charge in [0.1, 0.15) is 23.1 Å². The minimum Gasteiger partial charge on any atom is -0.497 e. The molecule has 3 rings (SSSR count). The highest BCUT2D eigenvalue weighted by molar-refractivity contribution is 6.01. The van der Waals surface area contributed by atoms with Crippen molar-refractivity contribution < 1.29 is 14.3 Å². The number of hydrogen-bond donors (Lipinski definition) is 0. The zero-order valence-corrected chi connectivity index (χ0v) is 16.1. The van der Waals surface area contributed by atoms with Crippen LogP contribution in [0.4, 0.5) is 5.69 Å². The Bertz CT molecular complexity index is 892. The molecule has 0 aromatic heterocycles. The number of benzene rings is 2. The van der Waals surface area contributed by atoms with Crippen molar-refractivity contribution in [1.82, 2.24) is 4.90 Å². The number of carbonyl (C=O) groups is 1. The Labute approximate surface area is 165 Å². The molecule has 6 heteroatoms. The number of nitriles is 1. The van der Waals surface area contributed by atoms with Crippen molar-refractivity contribution in [3.63, 3.8) is 0 Å². The van der Waals surface area contributed by atoms with Crippen LogP contribution in [0.25, 0.3) is 6.08 Å². The molecule has 0 N–H and O–H groups in total. The molecular formula is C22H23N3O3. The van der Waals surface area contributed by atoms with E-state index in [-0.39, 0.29) is 11.5 Å². The van der Waals surface area contributed by atoms with Gasteiger partial charge in [-0.25, -0.2) is 0 Å². The molecule has 0 unspecified atom stereocenters. The number of ether oxygens (including phenoxy) is 2. The van der Waals surface area contributed by atoms with Gasteiger partial charge in [0.15, 0.2) is 0 Å². The molecule has 1 fully saturated rings. The van der Waals surface area contributed by atoms with Crippen LogP contribution in [0.2, 0.25) is 0 Å². The number of nitrogens with zero attached hydrogens (tertiary/aromatic N) is 3. The molecule has 2 aromatic carbocycles. The van der Waals surface area contributed by atoms with Gasteiger partial charge in [-0.3, -0.25) is 4.79 Å². The largest absolute Gasteiger partial charge is 0.497 e. The first-order chi connectivity index (χ1) is 13.6. The fraction of sp³-hybridized carbons (Fsp3) is 0.273. The highest BCUT2D eigenvalue weighted by Crippen LogP contribution is 2.21. The lowest BCUT2D eigenvalue weighted by molar-refractivity contribution is -0.126. The summed E-state index contributed by atoms with van der Waals surface area (Å²) in [5, 5.41) is 9.47. The van der Waals surface area contributed by atoms with Crippen molar-refractivity contribution in [3.8, 4) is 17.6 Å². The molecule has 1 amide bonds. The summed E-state index contributed by atoms with van der Waals surface area (Å²) in [7, 11) is 3.23. The van der Waals surface area contributed by atoms with E-state index in [1.807, 2.05) is 48.5 Å². The second kappa shape index (κ2) is 8.96. The average Bonchev–Trinajstić information content (AvgIpc) is 2.77. The number of piperazine rings is 1. The quantitative estimate of drug-likeness (QED) is 0.592. The second-order valence-corrected chi connectivity index (χ2v) is 6.42. The Hall–Kier alpha value is -3.46. The molecule has 0 saturated carbocycles. The maximum atomic E-state index is 12.8. The summed E-state index contributed by atoms with van der Waals surface area (Å²) in [5.41, 5.74) is 1.99. The Morgan fingerprint density at radius 3 is 2.29 bits per heavy atom. The highest BCUT2D eigenvalue weighted by atomic mass is 16.5. The minimum atomic E-state index is -0.236. The molecule has 2 aromatic rings. The number of carbonyl (C=O) groups excluding carboxylic acids is 1. The smallest absolute Gasteiger partial charge is 0.264 e. The summed E-state index contributed by atoms with van der Waals surface area (Å²) in [4.78, 5) is 16.7. The van der Waals surface area contributed by atoms with Crippen LogP contribution >= 0.6 is 0 Å². The van der Waals surface area contributed by atoms with Crippen molar-refractivity contribution in [2.45, 2.75) is 0 Å². The third-order valence-corrected chi connectivity index (χ3v) is 4.76. The number of amides is 1. The lowest BCUT2D eigenvalue weighted by atomic mass is 10.1. The van der Waals surface area contributed by atoms with Crippen LogP contribution < -0.4 is 14.4 Å². The monoisotopic (exact) mass is 377 g/mol. The molecule has 1 aliphatic rings. The van der Waals surface area contributed by atoms with Gasteiger partial charge in [-0.15, -0.1) is 0 Å². The van der Waals surface area contributed by atoms with Crippen LogP contribution in [0, 0.1) is 11.3 Å². The summed E-state index contributed by atoms with van der Waals surface area (Å²) in [6.45, 7) is 2.58. The van der Waals surface area contributed by atoms with Gasteiger partial charge in [0.05, 0.1) is 14.2 Å². The zero-order valence-electron chi connectivity index (χ0n) is 16.1. The van der Waals surface area contributed by atoms with E-state index in [1.165, 1.54) is 0 Å². The van der Waals surface area contributed by atoms with E-state index in [0.717, 1.165) is 30.1 Å². The van der Waals surface area contributed by atoms with Gasteiger partial charge in [0, 0.05) is 31.9 Å². The standard InChI is InChI=1S/C22H23N3O3/c1-27-20-8-6-19(7-9-20)24-10-12-25(13-11-24)22(26)18(16-23)14-17-4-3-5-21(15-17)28-2/h3-9,14-15H,10-13H2,1-2H3/b18-14+. The van der Waals surface area contributed by atoms with E-state index in [2.05, 4.69) is 4.90 Å². The third-order valence-electron chi connectivity index (χ3n) is 4.76. The van der Waals surface area contributed by atoms with Gasteiger partial charge in [-0.05, 0) is 48.0 Å². The van der Waals surface area contributed by atoms with E-state index in [4.69, 9.17) is 9.47 Å². The lowest BCUT2D eigenvalue weighted by Crippen LogP contribution is -2.49. The SMILES string of the molecule is COc1ccc(N2CCN(C(=O)/C(C#N)=C/c3cccc(OC)c3)CC2)cc1. The van der Waals surface area contributed by atoms with Crippen LogP contribution in [-0.2, 0) is 4.79 Å². The zero-order chi connectivity index (χ0) is 19.9. The molecule has 28 heavy (non-hydrogen) atoms. The summed E-state index contributed by atoms with van der Waals surface area (Å²) in [5.74, 6) is 1.27. The van der Waals surface area contributed by atoms with Crippen molar-refractivity contribution in [2.75, 3.05) is 45.3 Å². The second-order valence-electron chi connectivity index (χ2n) is 6.42. The maximum absolute atomic E-state index is 12.8. The lowest BCUT2D eigenvalue weighted by Gasteiger charge is -2.36. The first kappa shape index (κ1) is 19.3. The Morgan fingerprint density at radius 1 is 1.00 bits per heavy atom. The molecule has 0 bridgehead atoms. The Kier molecular flexibility index (Phi) is 6.18. The number of methoxy groups -OCH3 is 2. The van der Waals surface area contributed by atoms with E-state index in [1.54, 1.807) is 31.3 Å². The summed E-state index contributed by atoms with van der Waals surface area (Å²) in [6, 6.07) is 17.2. The highest BCUT2D eigenvalue weighted by Gasteiger charge is 2.24. The van der Waals surface area contributed by atoms with Gasteiger partial charge in [0.2, 0.25) is 0 Å². The van der Waals surface area contributed by atoms with E-state index in [0.29, 0.717) is 18.8 Å². The van der Waals surface area contributed by atoms with E-state index >= 15 is 0 Å². The minimum absolute atomic E-state index is 0.131. The molecule has 6 nitrogen and oxygen atoms in total. The number of anilines is 1. The van der Waals surface area contributed by atoms with Gasteiger partial charge in [-0.1, -0.05) is 12.1 Å². The Morgan fingerprint density at radius 2 is 1.68 bits per heavy atom. The summed E-state index contributed by atoms with van der Waals surface area (Å²) < 4.78 is 10.4. The fourth-order valence-electron chi connectivity index (χ4n) is 3.17. The molecule has 1 saturated heterocycles. The van der Waals surface area contributed by atoms with Crippen molar-refractivity contribution in [1.29, 1.82) is 5.26 Å². The predicted molar refractivity (Wildman–Crippen MR) is 108 cm³/mol. The number of hydrogen-bond acceptors (Lipinski definition) is 5. The number of rotatable bonds is 5. The van der Waals surface area contributed by atoms with Crippen LogP contribution in [0.1, 0.15) is 5.56 Å². The van der Waals surface area contributed by atoms with Gasteiger partial charge in [0.25, 0.3) is 5.91 Å². The summed E-state index contributed by atoms with van der Waals surface area (Å²) >= 11 is 0. The molecule has 1 heterocycles. The van der Waals surface area contributed by atoms with Gasteiger partial charge in [-0.2, -0.15) is 5.26 Å². The molecule has 0 spiro atoms. The Balaban J connectivity index is 1.65. The van der Waals surface area contributed by atoms with Crippen LogP contribution in [0.5, 0.6) is 11.5 Å². The molecule has 0 atom stereocenters. The van der Waals surface area contributed by atoms with Crippen molar-refractivity contribution >= 4 is 17.7 Å². The fourth-order valence-corrected chi connectivity index (χ4v) is 3.17. The average molecular weight is 377 g/mol. The first-order valence-corrected chi connectivity index (χ1v) is 9.08. The molecule has 0 aliphatic carbocycles. The maximum Gasteiger partial charge on any atom is 0.264 e.